The number of hydrogen-bond donors (Lipinski definition) is 1. The molecule has 1 fully saturated rings. The number of piperazine rings is 1. The summed E-state index contributed by atoms with van der Waals surface area (Å²) in [4.78, 5) is 22.0. The Labute approximate surface area is 183 Å². The minimum absolute atomic E-state index is 0.0313. The van der Waals surface area contributed by atoms with E-state index in [-0.39, 0.29) is 5.91 Å². The van der Waals surface area contributed by atoms with E-state index in [0.29, 0.717) is 12.1 Å². The number of nitrogens with zero attached hydrogens (tertiary/aromatic N) is 3. The number of halogens is 1. The molecule has 1 aliphatic heterocycles. The van der Waals surface area contributed by atoms with Gasteiger partial charge in [-0.3, -0.25) is 9.69 Å². The fourth-order valence-electron chi connectivity index (χ4n) is 3.73. The van der Waals surface area contributed by atoms with Gasteiger partial charge in [0.1, 0.15) is 0 Å². The molecule has 0 bridgehead atoms. The number of hydrogen-bond acceptors (Lipinski definition) is 5. The van der Waals surface area contributed by atoms with Crippen LogP contribution in [0.15, 0.2) is 40.9 Å². The van der Waals surface area contributed by atoms with Crippen molar-refractivity contribution in [3.05, 3.63) is 57.6 Å². The number of amides is 1. The quantitative estimate of drug-likeness (QED) is 0.603. The summed E-state index contributed by atoms with van der Waals surface area (Å²) < 4.78 is 2.10. The third-order valence-corrected chi connectivity index (χ3v) is 7.05. The molecule has 0 unspecified atom stereocenters. The second-order valence-corrected chi connectivity index (χ2v) is 9.35. The van der Waals surface area contributed by atoms with Crippen LogP contribution in [0.4, 0.5) is 5.13 Å². The molecule has 1 N–H and O–H groups in total. The molecule has 0 spiro atoms. The lowest BCUT2D eigenvalue weighted by Gasteiger charge is -2.34. The van der Waals surface area contributed by atoms with Crippen molar-refractivity contribution in [2.75, 3.05) is 44.2 Å². The van der Waals surface area contributed by atoms with Crippen molar-refractivity contribution in [1.82, 2.24) is 15.2 Å². The molecular weight excluding hydrogens is 448 g/mol. The van der Waals surface area contributed by atoms with E-state index in [1.807, 2.05) is 24.3 Å². The van der Waals surface area contributed by atoms with E-state index < -0.39 is 0 Å². The lowest BCUT2D eigenvalue weighted by molar-refractivity contribution is 0.0947. The zero-order valence-electron chi connectivity index (χ0n) is 16.7. The zero-order chi connectivity index (χ0) is 20.4. The third-order valence-electron chi connectivity index (χ3n) is 5.29. The molecule has 2 aromatic carbocycles. The minimum atomic E-state index is -0.0313. The van der Waals surface area contributed by atoms with Gasteiger partial charge >= 0.3 is 0 Å². The first kappa shape index (κ1) is 20.3. The average Bonchev–Trinajstić information content (AvgIpc) is 3.13. The number of aromatic nitrogens is 1. The standard InChI is InChI=1S/C22H25BrN4OS/c1-15-13-16(2)20-19(14-15)29-22(25-20)27-11-9-26(10-12-27)8-7-24-21(28)17-5-3-4-6-18(17)23/h3-6,13-14H,7-12H2,1-2H3,(H,24,28). The van der Waals surface area contributed by atoms with Gasteiger partial charge in [-0.2, -0.15) is 0 Å². The third kappa shape index (κ3) is 4.63. The first-order valence-corrected chi connectivity index (χ1v) is 11.5. The predicted molar refractivity (Wildman–Crippen MR) is 124 cm³/mol. The number of carbonyl (C=O) groups excluding carboxylic acids is 1. The fraction of sp³-hybridized carbons (Fsp3) is 0.364. The van der Waals surface area contributed by atoms with E-state index in [1.165, 1.54) is 15.8 Å². The second kappa shape index (κ2) is 8.81. The summed E-state index contributed by atoms with van der Waals surface area (Å²) in [6.07, 6.45) is 0. The van der Waals surface area contributed by atoms with Crippen LogP contribution in [-0.2, 0) is 0 Å². The summed E-state index contributed by atoms with van der Waals surface area (Å²) in [5.74, 6) is -0.0313. The summed E-state index contributed by atoms with van der Waals surface area (Å²) in [6, 6.07) is 11.9. The SMILES string of the molecule is Cc1cc(C)c2nc(N3CCN(CCNC(=O)c4ccccc4Br)CC3)sc2c1. The molecule has 1 saturated heterocycles. The molecule has 0 saturated carbocycles. The molecule has 5 nitrogen and oxygen atoms in total. The molecular formula is C22H25BrN4OS. The number of thiazole rings is 1. The molecule has 152 valence electrons. The Kier molecular flexibility index (Phi) is 6.18. The zero-order valence-corrected chi connectivity index (χ0v) is 19.1. The second-order valence-electron chi connectivity index (χ2n) is 7.49. The van der Waals surface area contributed by atoms with Crippen LogP contribution in [-0.4, -0.2) is 55.1 Å². The molecule has 0 aliphatic carbocycles. The number of anilines is 1. The number of rotatable bonds is 5. The Hall–Kier alpha value is -1.96. The van der Waals surface area contributed by atoms with Gasteiger partial charge in [-0.15, -0.1) is 0 Å². The number of benzene rings is 2. The molecule has 1 aromatic heterocycles. The van der Waals surface area contributed by atoms with Crippen LogP contribution >= 0.6 is 27.3 Å². The number of fused-ring (bicyclic) bond motifs is 1. The Morgan fingerprint density at radius 2 is 1.93 bits per heavy atom. The summed E-state index contributed by atoms with van der Waals surface area (Å²) in [5.41, 5.74) is 4.35. The molecule has 3 aromatic rings. The number of nitrogens with one attached hydrogen (secondary N) is 1. The largest absolute Gasteiger partial charge is 0.351 e. The minimum Gasteiger partial charge on any atom is -0.351 e. The molecule has 1 aliphatic rings. The van der Waals surface area contributed by atoms with Crippen molar-refractivity contribution in [1.29, 1.82) is 0 Å². The van der Waals surface area contributed by atoms with E-state index in [2.05, 4.69) is 57.0 Å². The molecule has 4 rings (SSSR count). The van der Waals surface area contributed by atoms with E-state index in [0.717, 1.165) is 47.8 Å². The van der Waals surface area contributed by atoms with Crippen LogP contribution in [0.25, 0.3) is 10.2 Å². The fourth-order valence-corrected chi connectivity index (χ4v) is 5.38. The van der Waals surface area contributed by atoms with Gasteiger partial charge in [0.15, 0.2) is 5.13 Å². The van der Waals surface area contributed by atoms with Gasteiger partial charge in [-0.1, -0.05) is 29.5 Å². The van der Waals surface area contributed by atoms with Crippen LogP contribution in [0.1, 0.15) is 21.5 Å². The van der Waals surface area contributed by atoms with Crippen LogP contribution in [0.3, 0.4) is 0 Å². The Morgan fingerprint density at radius 3 is 2.69 bits per heavy atom. The predicted octanol–water partition coefficient (Wildman–Crippen LogP) is 4.23. The van der Waals surface area contributed by atoms with Crippen molar-refractivity contribution in [3.63, 3.8) is 0 Å². The van der Waals surface area contributed by atoms with Gasteiger partial charge in [-0.05, 0) is 59.1 Å². The highest BCUT2D eigenvalue weighted by atomic mass is 79.9. The van der Waals surface area contributed by atoms with E-state index in [9.17, 15) is 4.79 Å². The van der Waals surface area contributed by atoms with Crippen molar-refractivity contribution >= 4 is 48.5 Å². The molecule has 7 heteroatoms. The van der Waals surface area contributed by atoms with E-state index in [1.54, 1.807) is 11.3 Å². The monoisotopic (exact) mass is 472 g/mol. The van der Waals surface area contributed by atoms with Gasteiger partial charge in [0.25, 0.3) is 5.91 Å². The summed E-state index contributed by atoms with van der Waals surface area (Å²) >= 11 is 5.22. The first-order chi connectivity index (χ1) is 14.0. The number of aryl methyl sites for hydroxylation is 2. The van der Waals surface area contributed by atoms with Gasteiger partial charge in [-0.25, -0.2) is 4.98 Å². The molecule has 2 heterocycles. The van der Waals surface area contributed by atoms with E-state index in [4.69, 9.17) is 4.98 Å². The average molecular weight is 473 g/mol. The van der Waals surface area contributed by atoms with Gasteiger partial charge in [0.2, 0.25) is 0 Å². The Morgan fingerprint density at radius 1 is 1.17 bits per heavy atom. The maximum absolute atomic E-state index is 12.3. The first-order valence-electron chi connectivity index (χ1n) is 9.89. The molecule has 0 atom stereocenters. The van der Waals surface area contributed by atoms with Crippen LogP contribution < -0.4 is 10.2 Å². The van der Waals surface area contributed by atoms with Crippen molar-refractivity contribution in [2.45, 2.75) is 13.8 Å². The van der Waals surface area contributed by atoms with E-state index >= 15 is 0 Å². The molecule has 29 heavy (non-hydrogen) atoms. The highest BCUT2D eigenvalue weighted by Crippen LogP contribution is 2.32. The van der Waals surface area contributed by atoms with Gasteiger partial charge in [0.05, 0.1) is 15.8 Å². The molecule has 1 amide bonds. The Bertz CT molecular complexity index is 1030. The lowest BCUT2D eigenvalue weighted by Crippen LogP contribution is -2.48. The summed E-state index contributed by atoms with van der Waals surface area (Å²) in [6.45, 7) is 9.70. The maximum atomic E-state index is 12.3. The van der Waals surface area contributed by atoms with Crippen molar-refractivity contribution < 1.29 is 4.79 Å². The summed E-state index contributed by atoms with van der Waals surface area (Å²) in [5, 5.41) is 4.15. The maximum Gasteiger partial charge on any atom is 0.252 e. The van der Waals surface area contributed by atoms with Crippen LogP contribution in [0.2, 0.25) is 0 Å². The number of carbonyl (C=O) groups is 1. The lowest BCUT2D eigenvalue weighted by atomic mass is 10.1. The van der Waals surface area contributed by atoms with Crippen LogP contribution in [0, 0.1) is 13.8 Å². The highest BCUT2D eigenvalue weighted by molar-refractivity contribution is 9.10. The smallest absolute Gasteiger partial charge is 0.252 e. The summed E-state index contributed by atoms with van der Waals surface area (Å²) in [7, 11) is 0. The molecule has 0 radical (unpaired) electrons. The van der Waals surface area contributed by atoms with Gasteiger partial charge in [0, 0.05) is 43.7 Å². The highest BCUT2D eigenvalue weighted by Gasteiger charge is 2.20. The van der Waals surface area contributed by atoms with Crippen molar-refractivity contribution in [3.8, 4) is 0 Å². The van der Waals surface area contributed by atoms with Crippen molar-refractivity contribution in [2.24, 2.45) is 0 Å². The van der Waals surface area contributed by atoms with Crippen LogP contribution in [0.5, 0.6) is 0 Å². The van der Waals surface area contributed by atoms with Gasteiger partial charge < -0.3 is 10.2 Å². The topological polar surface area (TPSA) is 48.5 Å². The Balaban J connectivity index is 1.28. The normalized spacial score (nSPS) is 15.1.